The fourth-order valence-corrected chi connectivity index (χ4v) is 4.85. The predicted octanol–water partition coefficient (Wildman–Crippen LogP) is 1.34. The van der Waals surface area contributed by atoms with Crippen LogP contribution in [0.1, 0.15) is 18.4 Å². The summed E-state index contributed by atoms with van der Waals surface area (Å²) in [6.07, 6.45) is 2.02. The molecule has 3 rings (SSSR count). The zero-order valence-corrected chi connectivity index (χ0v) is 13.1. The topological polar surface area (TPSA) is 87.2 Å². The minimum atomic E-state index is -3.46. The van der Waals surface area contributed by atoms with E-state index in [1.165, 1.54) is 24.3 Å². The van der Waals surface area contributed by atoms with Crippen LogP contribution in [0.2, 0.25) is 0 Å². The van der Waals surface area contributed by atoms with Gasteiger partial charge in [-0.3, -0.25) is 0 Å². The molecule has 7 heteroatoms. The van der Waals surface area contributed by atoms with Crippen LogP contribution in [0.3, 0.4) is 0 Å². The molecule has 2 fully saturated rings. The van der Waals surface area contributed by atoms with Crippen LogP contribution in [0.5, 0.6) is 0 Å². The summed E-state index contributed by atoms with van der Waals surface area (Å²) in [5, 5.41) is 8.76. The molecule has 1 aromatic carbocycles. The van der Waals surface area contributed by atoms with Crippen LogP contribution in [0.25, 0.3) is 0 Å². The number of fused-ring (bicyclic) bond motifs is 1. The van der Waals surface area contributed by atoms with Crippen LogP contribution in [0.4, 0.5) is 0 Å². The third-order valence-electron chi connectivity index (χ3n) is 4.50. The van der Waals surface area contributed by atoms with Crippen LogP contribution in [0.15, 0.2) is 29.2 Å². The van der Waals surface area contributed by atoms with E-state index in [0.29, 0.717) is 30.5 Å². The maximum atomic E-state index is 12.6. The molecule has 21 heavy (non-hydrogen) atoms. The number of hydrogen-bond donors (Lipinski definition) is 1. The number of nitriles is 1. The first-order chi connectivity index (χ1) is 9.52. The Labute approximate surface area is 131 Å². The van der Waals surface area contributed by atoms with Crippen LogP contribution in [-0.4, -0.2) is 31.9 Å². The van der Waals surface area contributed by atoms with Gasteiger partial charge in [0.25, 0.3) is 0 Å². The molecule has 1 aliphatic heterocycles. The normalized spacial score (nSPS) is 28.7. The number of hydrogen-bond acceptors (Lipinski definition) is 4. The summed E-state index contributed by atoms with van der Waals surface area (Å²) < 4.78 is 26.7. The standard InChI is InChI=1S/C14H17N3O2S.ClH/c15-7-10-1-4-12(5-2-10)20(18,19)17-8-11-3-6-14(16)13(11)9-17;/h1-2,4-5,11,13-14H,3,6,8-9,16H2;1H. The van der Waals surface area contributed by atoms with Crippen molar-refractivity contribution in [2.45, 2.75) is 23.8 Å². The van der Waals surface area contributed by atoms with Crippen molar-refractivity contribution in [2.24, 2.45) is 17.6 Å². The maximum Gasteiger partial charge on any atom is 0.243 e. The Hall–Kier alpha value is -1.13. The van der Waals surface area contributed by atoms with E-state index >= 15 is 0 Å². The molecule has 114 valence electrons. The highest BCUT2D eigenvalue weighted by molar-refractivity contribution is 7.89. The van der Waals surface area contributed by atoms with Crippen molar-refractivity contribution in [2.75, 3.05) is 13.1 Å². The first kappa shape index (κ1) is 16.2. The third-order valence-corrected chi connectivity index (χ3v) is 6.35. The van der Waals surface area contributed by atoms with Gasteiger partial charge in [-0.15, -0.1) is 12.4 Å². The van der Waals surface area contributed by atoms with Crippen molar-refractivity contribution < 1.29 is 8.42 Å². The smallest absolute Gasteiger partial charge is 0.243 e. The fraction of sp³-hybridized carbons (Fsp3) is 0.500. The van der Waals surface area contributed by atoms with E-state index in [-0.39, 0.29) is 23.3 Å². The predicted molar refractivity (Wildman–Crippen MR) is 81.4 cm³/mol. The molecule has 1 heterocycles. The van der Waals surface area contributed by atoms with Gasteiger partial charge in [0, 0.05) is 19.1 Å². The Morgan fingerprint density at radius 2 is 1.86 bits per heavy atom. The van der Waals surface area contributed by atoms with Crippen LogP contribution >= 0.6 is 12.4 Å². The van der Waals surface area contributed by atoms with E-state index in [2.05, 4.69) is 0 Å². The van der Waals surface area contributed by atoms with Gasteiger partial charge in [-0.2, -0.15) is 9.57 Å². The first-order valence-electron chi connectivity index (χ1n) is 6.78. The van der Waals surface area contributed by atoms with Crippen LogP contribution < -0.4 is 5.73 Å². The van der Waals surface area contributed by atoms with Gasteiger partial charge in [-0.25, -0.2) is 8.42 Å². The van der Waals surface area contributed by atoms with Gasteiger partial charge in [0.05, 0.1) is 16.5 Å². The molecule has 3 atom stereocenters. The van der Waals surface area contributed by atoms with Gasteiger partial charge >= 0.3 is 0 Å². The maximum absolute atomic E-state index is 12.6. The summed E-state index contributed by atoms with van der Waals surface area (Å²) in [4.78, 5) is 0.255. The van der Waals surface area contributed by atoms with E-state index in [4.69, 9.17) is 11.0 Å². The molecule has 5 nitrogen and oxygen atoms in total. The number of rotatable bonds is 2. The zero-order valence-electron chi connectivity index (χ0n) is 11.5. The molecule has 2 aliphatic rings. The third kappa shape index (κ3) is 2.79. The van der Waals surface area contributed by atoms with Gasteiger partial charge in [0.1, 0.15) is 0 Å². The average Bonchev–Trinajstić information content (AvgIpc) is 3.02. The number of sulfonamides is 1. The Bertz CT molecular complexity index is 654. The lowest BCUT2D eigenvalue weighted by atomic mass is 9.98. The van der Waals surface area contributed by atoms with Crippen molar-refractivity contribution in [1.29, 1.82) is 5.26 Å². The second-order valence-corrected chi connectivity index (χ2v) is 7.56. The lowest BCUT2D eigenvalue weighted by molar-refractivity contribution is 0.427. The Morgan fingerprint density at radius 1 is 1.19 bits per heavy atom. The van der Waals surface area contributed by atoms with Gasteiger partial charge in [-0.05, 0) is 48.9 Å². The Kier molecular flexibility index (Phi) is 4.59. The summed E-state index contributed by atoms with van der Waals surface area (Å²) in [6.45, 7) is 1.09. The highest BCUT2D eigenvalue weighted by atomic mass is 35.5. The number of halogens is 1. The molecule has 0 radical (unpaired) electrons. The molecule has 0 spiro atoms. The number of nitrogens with zero attached hydrogens (tertiary/aromatic N) is 2. The summed E-state index contributed by atoms with van der Waals surface area (Å²) in [5.74, 6) is 0.696. The van der Waals surface area contributed by atoms with Crippen molar-refractivity contribution in [3.8, 4) is 6.07 Å². The van der Waals surface area contributed by atoms with Crippen LogP contribution in [-0.2, 0) is 10.0 Å². The molecule has 1 aromatic rings. The molecule has 1 aliphatic carbocycles. The monoisotopic (exact) mass is 327 g/mol. The molecule has 2 N–H and O–H groups in total. The largest absolute Gasteiger partial charge is 0.327 e. The lowest BCUT2D eigenvalue weighted by Gasteiger charge is -2.18. The number of benzene rings is 1. The van der Waals surface area contributed by atoms with Crippen molar-refractivity contribution in [3.05, 3.63) is 29.8 Å². The molecule has 0 aromatic heterocycles. The van der Waals surface area contributed by atoms with E-state index < -0.39 is 10.0 Å². The second-order valence-electron chi connectivity index (χ2n) is 5.62. The molecular weight excluding hydrogens is 310 g/mol. The molecule has 0 bridgehead atoms. The van der Waals surface area contributed by atoms with Crippen LogP contribution in [0, 0.1) is 23.2 Å². The van der Waals surface area contributed by atoms with E-state index in [9.17, 15) is 8.42 Å². The summed E-state index contributed by atoms with van der Waals surface area (Å²) >= 11 is 0. The molecule has 1 saturated heterocycles. The molecule has 1 saturated carbocycles. The highest BCUT2D eigenvalue weighted by Crippen LogP contribution is 2.39. The summed E-state index contributed by atoms with van der Waals surface area (Å²) in [5.41, 5.74) is 6.51. The fourth-order valence-electron chi connectivity index (χ4n) is 3.31. The zero-order chi connectivity index (χ0) is 14.3. The minimum absolute atomic E-state index is 0. The quantitative estimate of drug-likeness (QED) is 0.888. The van der Waals surface area contributed by atoms with E-state index in [1.807, 2.05) is 6.07 Å². The highest BCUT2D eigenvalue weighted by Gasteiger charge is 2.44. The van der Waals surface area contributed by atoms with Gasteiger partial charge in [0.15, 0.2) is 0 Å². The Balaban J connectivity index is 0.00000161. The first-order valence-corrected chi connectivity index (χ1v) is 8.22. The summed E-state index contributed by atoms with van der Waals surface area (Å²) in [7, 11) is -3.46. The Morgan fingerprint density at radius 3 is 2.43 bits per heavy atom. The minimum Gasteiger partial charge on any atom is -0.327 e. The summed E-state index contributed by atoms with van der Waals surface area (Å²) in [6, 6.07) is 8.19. The average molecular weight is 328 g/mol. The van der Waals surface area contributed by atoms with Gasteiger partial charge in [0.2, 0.25) is 10.0 Å². The SMILES string of the molecule is Cl.N#Cc1ccc(S(=O)(=O)N2CC3CCC(N)C3C2)cc1. The van der Waals surface area contributed by atoms with Crippen molar-refractivity contribution in [3.63, 3.8) is 0 Å². The van der Waals surface area contributed by atoms with Gasteiger partial charge in [-0.1, -0.05) is 0 Å². The van der Waals surface area contributed by atoms with Gasteiger partial charge < -0.3 is 5.73 Å². The van der Waals surface area contributed by atoms with Crippen molar-refractivity contribution >= 4 is 22.4 Å². The molecule has 0 amide bonds. The van der Waals surface area contributed by atoms with E-state index in [1.54, 1.807) is 4.31 Å². The lowest BCUT2D eigenvalue weighted by Crippen LogP contribution is -2.33. The molecular formula is C14H18ClN3O2S. The number of nitrogens with two attached hydrogens (primary N) is 1. The van der Waals surface area contributed by atoms with Crippen molar-refractivity contribution in [1.82, 2.24) is 4.31 Å². The second kappa shape index (κ2) is 5.93. The van der Waals surface area contributed by atoms with E-state index in [0.717, 1.165) is 12.8 Å². The molecule has 3 unspecified atom stereocenters.